The Labute approximate surface area is 807 Å². The van der Waals surface area contributed by atoms with E-state index >= 15 is 0 Å². The molecule has 3 N–H and O–H groups in total. The van der Waals surface area contributed by atoms with Crippen molar-refractivity contribution in [3.05, 3.63) is 395 Å². The second-order valence-corrected chi connectivity index (χ2v) is 34.4. The quantitative estimate of drug-likeness (QED) is 0.0239. The van der Waals surface area contributed by atoms with Gasteiger partial charge in [0.25, 0.3) is 0 Å². The van der Waals surface area contributed by atoms with Crippen molar-refractivity contribution < 1.29 is 129 Å². The van der Waals surface area contributed by atoms with Gasteiger partial charge in [-0.05, 0) is 81.9 Å². The molecule has 5 fully saturated rings. The van der Waals surface area contributed by atoms with Gasteiger partial charge in [0, 0.05) is 49.5 Å². The van der Waals surface area contributed by atoms with Crippen LogP contribution in [-0.4, -0.2) is 218 Å². The third-order valence-corrected chi connectivity index (χ3v) is 24.6. The molecule has 11 aromatic carbocycles. The number of hydrogen-bond donors (Lipinski definition) is 3. The molecule has 29 nitrogen and oxygen atoms in total. The van der Waals surface area contributed by atoms with Crippen molar-refractivity contribution in [1.29, 1.82) is 0 Å². The summed E-state index contributed by atoms with van der Waals surface area (Å²) in [6.45, 7) is 5.81. The van der Waals surface area contributed by atoms with Crippen molar-refractivity contribution in [2.24, 2.45) is 17.8 Å². The van der Waals surface area contributed by atoms with Gasteiger partial charge in [0.2, 0.25) is 0 Å². The Morgan fingerprint density at radius 1 is 0.331 bits per heavy atom. The molecule has 5 aliphatic rings. The minimum atomic E-state index is -1.46. The second-order valence-electron chi connectivity index (χ2n) is 34.4. The number of fused-ring (bicyclic) bond motifs is 1. The molecule has 16 rings (SSSR count). The normalized spacial score (nSPS) is 25.4. The zero-order valence-electron chi connectivity index (χ0n) is 77.3. The van der Waals surface area contributed by atoms with E-state index in [0.29, 0.717) is 11.1 Å². The maximum Gasteiger partial charge on any atom is 0.410 e. The fourth-order valence-electron chi connectivity index (χ4n) is 17.0. The molecule has 29 heteroatoms. The average molecular weight is 1900 g/mol. The first-order chi connectivity index (χ1) is 67.9. The molecule has 21 atom stereocenters. The number of carbonyl (C=O) groups is 6. The van der Waals surface area contributed by atoms with Gasteiger partial charge < -0.3 is 110 Å². The molecule has 0 aromatic heterocycles. The average Bonchev–Trinajstić information content (AvgIpc) is 0.749. The maximum absolute atomic E-state index is 14.0. The van der Waals surface area contributed by atoms with Crippen LogP contribution in [0.4, 0.5) is 9.59 Å². The molecule has 0 radical (unpaired) electrons. The molecule has 139 heavy (non-hydrogen) atoms. The Kier molecular flexibility index (Phi) is 37.1. The molecule has 5 aliphatic heterocycles. The Hall–Kier alpha value is -12.8. The number of aliphatic hydroxyl groups excluding tert-OH is 3. The van der Waals surface area contributed by atoms with Gasteiger partial charge in [0.15, 0.2) is 55.9 Å². The highest BCUT2D eigenvalue weighted by Gasteiger charge is 2.57. The molecule has 5 saturated heterocycles. The molecule has 0 saturated carbocycles. The van der Waals surface area contributed by atoms with Gasteiger partial charge in [0.05, 0.1) is 93.4 Å². The van der Waals surface area contributed by atoms with Crippen molar-refractivity contribution in [2.45, 2.75) is 171 Å². The number of aliphatic hydroxyl groups is 3. The fraction of sp³-hybridized carbons (Fsp3) is 0.345. The van der Waals surface area contributed by atoms with Gasteiger partial charge in [-0.25, -0.2) is 28.8 Å². The van der Waals surface area contributed by atoms with Crippen LogP contribution in [0.3, 0.4) is 0 Å². The third kappa shape index (κ3) is 28.1. The summed E-state index contributed by atoms with van der Waals surface area (Å²) in [6, 6.07) is 100. The number of rotatable bonds is 38. The first-order valence-electron chi connectivity index (χ1n) is 46.7. The minimum absolute atomic E-state index is 0.00908. The SMILES string of the molecule is C[C@@H]1C(OC(=O)c2ccccc2)[C@H](OCCN(Cc2ccccc2)C(=O)OCc2ccccc2)OC(COCc2ccccc2)[C@H]1O[C@@H]1OC2COC(c3ccccc3)O[C@H]2[C@H](O)C1OC(=O)c1ccccc1.C[C@@H]1C(OC(=O)c2ccccc2)[C@H](O[C@@H]2C(COCc3ccccc3)O[C@@H](OCCN(Cc3ccccc3)C(=O)OCc3ccccc3)C(OC(=O)c3ccccc3)[C@H]2C)OC(CO)[C@H]1O. The van der Waals surface area contributed by atoms with Crippen LogP contribution in [0.15, 0.2) is 334 Å². The Balaban J connectivity index is 0.000000212. The summed E-state index contributed by atoms with van der Waals surface area (Å²) in [6.07, 6.45) is -21.3. The largest absolute Gasteiger partial charge is 0.453 e. The topological polar surface area (TPSA) is 336 Å². The lowest BCUT2D eigenvalue weighted by molar-refractivity contribution is -0.381. The van der Waals surface area contributed by atoms with Crippen molar-refractivity contribution in [3.8, 4) is 0 Å². The van der Waals surface area contributed by atoms with Crippen LogP contribution in [-0.2, 0) is 125 Å². The highest BCUT2D eigenvalue weighted by molar-refractivity contribution is 5.91. The van der Waals surface area contributed by atoms with Crippen LogP contribution in [0.1, 0.15) is 107 Å². The van der Waals surface area contributed by atoms with E-state index in [1.807, 2.05) is 226 Å². The van der Waals surface area contributed by atoms with E-state index in [4.69, 9.17) is 85.3 Å². The van der Waals surface area contributed by atoms with E-state index in [1.165, 1.54) is 4.90 Å². The van der Waals surface area contributed by atoms with Crippen LogP contribution in [0.25, 0.3) is 0 Å². The lowest BCUT2D eigenvalue weighted by Crippen LogP contribution is -2.65. The molecule has 728 valence electrons. The Bertz CT molecular complexity index is 5560. The monoisotopic (exact) mass is 1900 g/mol. The summed E-state index contributed by atoms with van der Waals surface area (Å²) >= 11 is 0. The van der Waals surface area contributed by atoms with Crippen molar-refractivity contribution >= 4 is 36.1 Å². The molecule has 11 aromatic rings. The van der Waals surface area contributed by atoms with Crippen LogP contribution in [0.5, 0.6) is 0 Å². The predicted octanol–water partition coefficient (Wildman–Crippen LogP) is 15.4. The van der Waals surface area contributed by atoms with Crippen LogP contribution >= 0.6 is 0 Å². The summed E-state index contributed by atoms with van der Waals surface area (Å²) in [5.74, 6) is -4.87. The van der Waals surface area contributed by atoms with E-state index in [0.717, 1.165) is 38.9 Å². The predicted molar refractivity (Wildman–Crippen MR) is 505 cm³/mol. The zero-order valence-corrected chi connectivity index (χ0v) is 77.3. The van der Waals surface area contributed by atoms with E-state index in [9.17, 15) is 44.1 Å². The molecule has 9 unspecified atom stereocenters. The lowest BCUT2D eigenvalue weighted by Gasteiger charge is -2.50. The molecular weight excluding hydrogens is 1780 g/mol. The summed E-state index contributed by atoms with van der Waals surface area (Å²) in [5, 5.41) is 33.7. The standard InChI is InChI=1S/C58H59NO14.C52H57NO13/c1-39-49(72-57-52(71-54(62)44-28-16-6-17-29-44)48(60)51-47(69-57)38-66-55(73-51)45-30-18-7-19-31-45)46(37-64-35-41-22-10-3-11-23-41)68-56(50(39)70-53(61)43-26-14-5-15-27-43)65-33-32-59(34-40-20-8-2-9-21-40)58(63)67-36-42-24-12-4-13-25-42;1-35-44(55)42(31-54)62-51(46(35)64-48(56)40-24-14-6-15-25-40)66-45-36(2)47(65-49(57)41-26-16-7-17-27-41)50(63-43(45)34-59-32-38-20-10-4-11-21-38)60-29-28-53(30-37-18-8-3-9-19-37)52(58)61-33-39-22-12-5-13-23-39/h2-31,39,46-52,55-57,60H,32-38H2,1H3;3-27,35-36,42-47,50-51,54-55H,28-34H2,1-2H3/t39-,46?,47?,48-,49-,50?,51+,52?,55?,56+,57-;35-,36-,42?,43?,44-,45-,46?,47?,50+,51-/m00/s1. The molecule has 0 aliphatic carbocycles. The molecular formula is C110H116N2O27. The lowest BCUT2D eigenvalue weighted by atomic mass is 9.88. The second kappa shape index (κ2) is 51.2. The van der Waals surface area contributed by atoms with E-state index in [-0.39, 0.29) is 96.8 Å². The number of carbonyl (C=O) groups excluding carboxylic acids is 6. The van der Waals surface area contributed by atoms with Gasteiger partial charge in [0.1, 0.15) is 49.8 Å². The number of nitrogens with zero attached hydrogens (tertiary/aromatic N) is 2. The maximum atomic E-state index is 14.0. The first-order valence-corrected chi connectivity index (χ1v) is 46.7. The highest BCUT2D eigenvalue weighted by Crippen LogP contribution is 2.42. The molecule has 0 spiro atoms. The van der Waals surface area contributed by atoms with E-state index in [1.54, 1.807) is 133 Å². The van der Waals surface area contributed by atoms with Crippen molar-refractivity contribution in [3.63, 3.8) is 0 Å². The van der Waals surface area contributed by atoms with Gasteiger partial charge in [-0.2, -0.15) is 0 Å². The van der Waals surface area contributed by atoms with Crippen molar-refractivity contribution in [2.75, 3.05) is 52.7 Å². The van der Waals surface area contributed by atoms with E-state index < -0.39 is 171 Å². The molecule has 5 heterocycles. The molecule has 2 amide bonds. The molecule has 0 bridgehead atoms. The van der Waals surface area contributed by atoms with Crippen molar-refractivity contribution in [1.82, 2.24) is 9.80 Å². The first kappa shape index (κ1) is 101. The summed E-state index contributed by atoms with van der Waals surface area (Å²) in [7, 11) is 0. The summed E-state index contributed by atoms with van der Waals surface area (Å²) in [5.41, 5.74) is 7.09. The smallest absolute Gasteiger partial charge is 0.410 e. The number of esters is 4. The van der Waals surface area contributed by atoms with E-state index in [2.05, 4.69) is 0 Å². The number of ether oxygens (including phenoxy) is 18. The number of amides is 2. The Morgan fingerprint density at radius 2 is 0.640 bits per heavy atom. The van der Waals surface area contributed by atoms with Gasteiger partial charge in [-0.3, -0.25) is 0 Å². The number of hydrogen-bond acceptors (Lipinski definition) is 27. The van der Waals surface area contributed by atoms with Gasteiger partial charge in [-0.1, -0.05) is 306 Å². The fourth-order valence-corrected chi connectivity index (χ4v) is 17.0. The van der Waals surface area contributed by atoms with Crippen LogP contribution < -0.4 is 0 Å². The third-order valence-electron chi connectivity index (χ3n) is 24.6. The Morgan fingerprint density at radius 3 is 1.00 bits per heavy atom. The zero-order chi connectivity index (χ0) is 96.6. The van der Waals surface area contributed by atoms with Crippen LogP contribution in [0.2, 0.25) is 0 Å². The summed E-state index contributed by atoms with van der Waals surface area (Å²) in [4.78, 5) is 85.6. The van der Waals surface area contributed by atoms with Gasteiger partial charge in [-0.15, -0.1) is 0 Å². The number of benzene rings is 11. The minimum Gasteiger partial charge on any atom is -0.453 e. The summed E-state index contributed by atoms with van der Waals surface area (Å²) < 4.78 is 114. The highest BCUT2D eigenvalue weighted by atomic mass is 16.8. The van der Waals surface area contributed by atoms with Gasteiger partial charge >= 0.3 is 36.1 Å². The van der Waals surface area contributed by atoms with Crippen LogP contribution in [0, 0.1) is 17.8 Å².